The van der Waals surface area contributed by atoms with Crippen LogP contribution in [0.2, 0.25) is 0 Å². The van der Waals surface area contributed by atoms with Crippen LogP contribution >= 0.6 is 0 Å². The minimum Gasteiger partial charge on any atom is -0.469 e. The Kier molecular flexibility index (Phi) is 3.26. The first-order chi connectivity index (χ1) is 6.48. The monoisotopic (exact) mass is 200 g/mol. The molecule has 0 saturated carbocycles. The van der Waals surface area contributed by atoms with E-state index in [1.54, 1.807) is 13.8 Å². The van der Waals surface area contributed by atoms with E-state index in [1.807, 2.05) is 0 Å². The molecular formula is C10H16O4. The highest BCUT2D eigenvalue weighted by Gasteiger charge is 2.40. The number of hydrogen-bond acceptors (Lipinski definition) is 4. The molecule has 1 heterocycles. The predicted molar refractivity (Wildman–Crippen MR) is 49.8 cm³/mol. The third-order valence-corrected chi connectivity index (χ3v) is 2.65. The number of rotatable bonds is 2. The van der Waals surface area contributed by atoms with Crippen molar-refractivity contribution >= 4 is 11.8 Å². The molecule has 0 unspecified atom stereocenters. The zero-order chi connectivity index (χ0) is 10.8. The first-order valence-corrected chi connectivity index (χ1v) is 4.70. The van der Waals surface area contributed by atoms with Crippen molar-refractivity contribution in [3.05, 3.63) is 0 Å². The summed E-state index contributed by atoms with van der Waals surface area (Å²) in [7, 11) is 1.36. The largest absolute Gasteiger partial charge is 0.469 e. The molecule has 0 aromatic carbocycles. The molecule has 0 bridgehead atoms. The highest BCUT2D eigenvalue weighted by molar-refractivity contribution is 5.81. The van der Waals surface area contributed by atoms with Crippen molar-refractivity contribution in [3.63, 3.8) is 0 Å². The predicted octanol–water partition coefficient (Wildman–Crippen LogP) is 0.934. The number of Topliss-reactive ketones (excluding diaryl/α,β-unsaturated/α-hetero) is 1. The van der Waals surface area contributed by atoms with E-state index in [9.17, 15) is 9.59 Å². The number of methoxy groups -OCH3 is 1. The standard InChI is InChI=1S/C10H16O4/c1-10(2,9(12)13-3)8-5-4-7(11)6-14-8/h8H,4-6H2,1-3H3/t8-/m1/s1. The summed E-state index contributed by atoms with van der Waals surface area (Å²) < 4.78 is 10.0. The third-order valence-electron chi connectivity index (χ3n) is 2.65. The molecule has 1 atom stereocenters. The van der Waals surface area contributed by atoms with Crippen molar-refractivity contribution in [2.75, 3.05) is 13.7 Å². The van der Waals surface area contributed by atoms with Crippen LogP contribution in [-0.4, -0.2) is 31.6 Å². The number of carbonyl (C=O) groups excluding carboxylic acids is 2. The van der Waals surface area contributed by atoms with Gasteiger partial charge in [0.2, 0.25) is 0 Å². The van der Waals surface area contributed by atoms with Crippen molar-refractivity contribution in [3.8, 4) is 0 Å². The summed E-state index contributed by atoms with van der Waals surface area (Å²) in [6.07, 6.45) is 0.874. The Labute approximate surface area is 83.6 Å². The van der Waals surface area contributed by atoms with Crippen molar-refractivity contribution in [2.24, 2.45) is 5.41 Å². The molecule has 4 heteroatoms. The summed E-state index contributed by atoms with van der Waals surface area (Å²) in [5.41, 5.74) is -0.671. The fourth-order valence-corrected chi connectivity index (χ4v) is 1.60. The van der Waals surface area contributed by atoms with E-state index in [0.29, 0.717) is 12.8 Å². The van der Waals surface area contributed by atoms with Gasteiger partial charge in [0.1, 0.15) is 6.61 Å². The second-order valence-corrected chi connectivity index (χ2v) is 4.09. The molecule has 0 aromatic heterocycles. The lowest BCUT2D eigenvalue weighted by molar-refractivity contribution is -0.165. The van der Waals surface area contributed by atoms with Crippen LogP contribution < -0.4 is 0 Å². The van der Waals surface area contributed by atoms with E-state index in [4.69, 9.17) is 9.47 Å². The van der Waals surface area contributed by atoms with Crippen LogP contribution in [0.1, 0.15) is 26.7 Å². The fourth-order valence-electron chi connectivity index (χ4n) is 1.60. The summed E-state index contributed by atoms with van der Waals surface area (Å²) in [4.78, 5) is 22.4. The third kappa shape index (κ3) is 2.12. The zero-order valence-corrected chi connectivity index (χ0v) is 8.83. The smallest absolute Gasteiger partial charge is 0.313 e. The van der Waals surface area contributed by atoms with Gasteiger partial charge in [-0.25, -0.2) is 0 Å². The van der Waals surface area contributed by atoms with Gasteiger partial charge in [-0.05, 0) is 20.3 Å². The molecule has 0 amide bonds. The summed E-state index contributed by atoms with van der Waals surface area (Å²) in [5.74, 6) is -0.196. The lowest BCUT2D eigenvalue weighted by Gasteiger charge is -2.33. The summed E-state index contributed by atoms with van der Waals surface area (Å²) in [5, 5.41) is 0. The van der Waals surface area contributed by atoms with Crippen molar-refractivity contribution in [1.29, 1.82) is 0 Å². The second kappa shape index (κ2) is 4.09. The molecule has 0 N–H and O–H groups in total. The Morgan fingerprint density at radius 2 is 2.21 bits per heavy atom. The number of carbonyl (C=O) groups is 2. The number of ketones is 1. The van der Waals surface area contributed by atoms with Gasteiger partial charge < -0.3 is 9.47 Å². The van der Waals surface area contributed by atoms with E-state index < -0.39 is 5.41 Å². The average Bonchev–Trinajstić information content (AvgIpc) is 2.17. The van der Waals surface area contributed by atoms with E-state index in [2.05, 4.69) is 0 Å². The highest BCUT2D eigenvalue weighted by Crippen LogP contribution is 2.30. The molecule has 1 aliphatic heterocycles. The Balaban J connectivity index is 2.63. The summed E-state index contributed by atoms with van der Waals surface area (Å²) >= 11 is 0. The topological polar surface area (TPSA) is 52.6 Å². The molecule has 1 rings (SSSR count). The molecule has 14 heavy (non-hydrogen) atoms. The number of ether oxygens (including phenoxy) is 2. The van der Waals surface area contributed by atoms with Gasteiger partial charge in [-0.1, -0.05) is 0 Å². The molecule has 1 aliphatic rings. The fraction of sp³-hybridized carbons (Fsp3) is 0.800. The Morgan fingerprint density at radius 3 is 2.64 bits per heavy atom. The van der Waals surface area contributed by atoms with E-state index in [-0.39, 0.29) is 24.5 Å². The highest BCUT2D eigenvalue weighted by atomic mass is 16.5. The van der Waals surface area contributed by atoms with Gasteiger partial charge in [-0.15, -0.1) is 0 Å². The molecule has 80 valence electrons. The lowest BCUT2D eigenvalue weighted by Crippen LogP contribution is -2.43. The minimum absolute atomic E-state index is 0.0990. The number of hydrogen-bond donors (Lipinski definition) is 0. The lowest BCUT2D eigenvalue weighted by atomic mass is 9.82. The van der Waals surface area contributed by atoms with Crippen LogP contribution in [0.4, 0.5) is 0 Å². The Morgan fingerprint density at radius 1 is 1.57 bits per heavy atom. The maximum Gasteiger partial charge on any atom is 0.313 e. The van der Waals surface area contributed by atoms with Gasteiger partial charge in [0.25, 0.3) is 0 Å². The first kappa shape index (κ1) is 11.2. The molecule has 0 aromatic rings. The van der Waals surface area contributed by atoms with Gasteiger partial charge in [0, 0.05) is 6.42 Å². The SMILES string of the molecule is COC(=O)C(C)(C)[C@H]1CCC(=O)CO1. The summed E-state index contributed by atoms with van der Waals surface area (Å²) in [6.45, 7) is 3.67. The maximum absolute atomic E-state index is 11.4. The van der Waals surface area contributed by atoms with Gasteiger partial charge >= 0.3 is 5.97 Å². The van der Waals surface area contributed by atoms with Crippen LogP contribution in [0.3, 0.4) is 0 Å². The van der Waals surface area contributed by atoms with Crippen LogP contribution in [0.25, 0.3) is 0 Å². The number of esters is 1. The molecule has 1 fully saturated rings. The van der Waals surface area contributed by atoms with Crippen molar-refractivity contribution in [1.82, 2.24) is 0 Å². The molecule has 0 aliphatic carbocycles. The van der Waals surface area contributed by atoms with Crippen LogP contribution in [0.15, 0.2) is 0 Å². The van der Waals surface area contributed by atoms with Gasteiger partial charge in [-0.2, -0.15) is 0 Å². The van der Waals surface area contributed by atoms with Crippen LogP contribution in [0, 0.1) is 5.41 Å². The molecule has 1 saturated heterocycles. The molecule has 4 nitrogen and oxygen atoms in total. The van der Waals surface area contributed by atoms with E-state index >= 15 is 0 Å². The molecule has 0 spiro atoms. The quantitative estimate of drug-likeness (QED) is 0.622. The van der Waals surface area contributed by atoms with Gasteiger partial charge in [-0.3, -0.25) is 9.59 Å². The molecule has 0 radical (unpaired) electrons. The van der Waals surface area contributed by atoms with Crippen molar-refractivity contribution in [2.45, 2.75) is 32.8 Å². The van der Waals surface area contributed by atoms with Gasteiger partial charge in [0.05, 0.1) is 18.6 Å². The summed E-state index contributed by atoms with van der Waals surface area (Å²) in [6, 6.07) is 0. The average molecular weight is 200 g/mol. The van der Waals surface area contributed by atoms with Crippen molar-refractivity contribution < 1.29 is 19.1 Å². The van der Waals surface area contributed by atoms with E-state index in [1.165, 1.54) is 7.11 Å². The van der Waals surface area contributed by atoms with E-state index in [0.717, 1.165) is 0 Å². The zero-order valence-electron chi connectivity index (χ0n) is 8.83. The van der Waals surface area contributed by atoms with Crippen LogP contribution in [0.5, 0.6) is 0 Å². The normalized spacial score (nSPS) is 23.4. The minimum atomic E-state index is -0.671. The first-order valence-electron chi connectivity index (χ1n) is 4.70. The van der Waals surface area contributed by atoms with Gasteiger partial charge in [0.15, 0.2) is 5.78 Å². The Hall–Kier alpha value is -0.900. The Bertz CT molecular complexity index is 235. The molecular weight excluding hydrogens is 184 g/mol. The van der Waals surface area contributed by atoms with Crippen LogP contribution in [-0.2, 0) is 19.1 Å². The second-order valence-electron chi connectivity index (χ2n) is 4.09. The maximum atomic E-state index is 11.4.